The number of fused-ring (bicyclic) bond motifs is 1. The van der Waals surface area contributed by atoms with E-state index >= 15 is 0 Å². The Kier molecular flexibility index (Phi) is 3.46. The van der Waals surface area contributed by atoms with Gasteiger partial charge in [0.2, 0.25) is 5.91 Å². The van der Waals surface area contributed by atoms with Gasteiger partial charge in [-0.05, 0) is 24.0 Å². The number of nitrogens with zero attached hydrogens (tertiary/aromatic N) is 1. The quantitative estimate of drug-likeness (QED) is 0.636. The van der Waals surface area contributed by atoms with Crippen LogP contribution in [-0.2, 0) is 24.5 Å². The van der Waals surface area contributed by atoms with Crippen molar-refractivity contribution in [1.29, 1.82) is 0 Å². The standard InChI is InChI=1S/C21H24N2O4/c1-3-11-8-12-17(25)16(20(26)27-2)18-21(9-15(24)23(10-11)19(12)21)13-6-4-5-7-14(13)22-18/h4-7,11-12,16,18-19,22H,3,8-10H2,1-2H3/t11-,12-,16?,18-,19-,21-/m1/s1. The van der Waals surface area contributed by atoms with E-state index in [0.717, 1.165) is 24.1 Å². The molecule has 6 heteroatoms. The third kappa shape index (κ3) is 1.93. The molecule has 5 rings (SSSR count). The normalized spacial score (nSPS) is 38.7. The largest absolute Gasteiger partial charge is 0.468 e. The highest BCUT2D eigenvalue weighted by Gasteiger charge is 2.71. The molecule has 1 aromatic carbocycles. The number of nitrogens with one attached hydrogen (secondary N) is 1. The van der Waals surface area contributed by atoms with Crippen LogP contribution in [0.1, 0.15) is 31.7 Å². The third-order valence-electron chi connectivity index (χ3n) is 7.38. The minimum absolute atomic E-state index is 0.0642. The van der Waals surface area contributed by atoms with Crippen molar-refractivity contribution in [2.45, 2.75) is 43.7 Å². The summed E-state index contributed by atoms with van der Waals surface area (Å²) in [5, 5.41) is 3.43. The molecule has 1 aliphatic carbocycles. The van der Waals surface area contributed by atoms with Crippen LogP contribution < -0.4 is 5.32 Å². The second-order valence-corrected chi connectivity index (χ2v) is 8.40. The summed E-state index contributed by atoms with van der Waals surface area (Å²) in [5.41, 5.74) is 1.46. The van der Waals surface area contributed by atoms with E-state index in [4.69, 9.17) is 4.74 Å². The molecule has 3 heterocycles. The lowest BCUT2D eigenvalue weighted by molar-refractivity contribution is -0.157. The molecule has 6 atom stereocenters. The molecule has 1 N–H and O–H groups in total. The summed E-state index contributed by atoms with van der Waals surface area (Å²) in [6.07, 6.45) is 2.02. The lowest BCUT2D eigenvalue weighted by Gasteiger charge is -2.52. The van der Waals surface area contributed by atoms with E-state index in [-0.39, 0.29) is 23.7 Å². The first kappa shape index (κ1) is 16.8. The van der Waals surface area contributed by atoms with Crippen molar-refractivity contribution < 1.29 is 19.1 Å². The van der Waals surface area contributed by atoms with Gasteiger partial charge in [0, 0.05) is 30.0 Å². The number of para-hydroxylation sites is 1. The molecule has 1 aromatic rings. The summed E-state index contributed by atoms with van der Waals surface area (Å²) in [4.78, 5) is 41.2. The van der Waals surface area contributed by atoms with Crippen LogP contribution in [0.5, 0.6) is 0 Å². The average molecular weight is 368 g/mol. The van der Waals surface area contributed by atoms with Crippen molar-refractivity contribution >= 4 is 23.3 Å². The number of ether oxygens (including phenoxy) is 1. The Labute approximate surface area is 158 Å². The van der Waals surface area contributed by atoms with Gasteiger partial charge in [-0.2, -0.15) is 0 Å². The fourth-order valence-corrected chi connectivity index (χ4v) is 6.27. The molecule has 0 aromatic heterocycles. The predicted molar refractivity (Wildman–Crippen MR) is 98.0 cm³/mol. The first-order valence-electron chi connectivity index (χ1n) is 9.80. The van der Waals surface area contributed by atoms with Crippen LogP contribution in [0.2, 0.25) is 0 Å². The zero-order valence-corrected chi connectivity index (χ0v) is 15.6. The van der Waals surface area contributed by atoms with E-state index in [1.165, 1.54) is 7.11 Å². The maximum atomic E-state index is 13.5. The minimum Gasteiger partial charge on any atom is -0.468 e. The van der Waals surface area contributed by atoms with Crippen molar-refractivity contribution in [3.8, 4) is 0 Å². The van der Waals surface area contributed by atoms with Crippen LogP contribution in [0, 0.1) is 17.8 Å². The van der Waals surface area contributed by atoms with Crippen molar-refractivity contribution in [1.82, 2.24) is 4.90 Å². The molecule has 27 heavy (non-hydrogen) atoms. The van der Waals surface area contributed by atoms with Crippen molar-refractivity contribution in [3.05, 3.63) is 29.8 Å². The lowest BCUT2D eigenvalue weighted by Crippen LogP contribution is -2.67. The number of hydrogen-bond acceptors (Lipinski definition) is 5. The summed E-state index contributed by atoms with van der Waals surface area (Å²) >= 11 is 0. The lowest BCUT2D eigenvalue weighted by atomic mass is 9.55. The number of amides is 1. The monoisotopic (exact) mass is 368 g/mol. The van der Waals surface area contributed by atoms with Crippen LogP contribution in [0.3, 0.4) is 0 Å². The predicted octanol–water partition coefficient (Wildman–Crippen LogP) is 1.74. The Bertz CT molecular complexity index is 852. The Morgan fingerprint density at radius 3 is 2.85 bits per heavy atom. The average Bonchev–Trinajstić information content (AvgIpc) is 3.17. The first-order valence-corrected chi connectivity index (χ1v) is 9.80. The maximum absolute atomic E-state index is 13.5. The van der Waals surface area contributed by atoms with Crippen LogP contribution in [0.25, 0.3) is 0 Å². The number of methoxy groups -OCH3 is 1. The molecule has 142 valence electrons. The third-order valence-corrected chi connectivity index (χ3v) is 7.38. The highest BCUT2D eigenvalue weighted by atomic mass is 16.5. The topological polar surface area (TPSA) is 75.7 Å². The molecule has 3 aliphatic heterocycles. The van der Waals surface area contributed by atoms with E-state index in [1.54, 1.807) is 0 Å². The molecular formula is C21H24N2O4. The van der Waals surface area contributed by atoms with Crippen molar-refractivity contribution in [2.24, 2.45) is 17.8 Å². The Balaban J connectivity index is 1.73. The van der Waals surface area contributed by atoms with Crippen LogP contribution in [0.15, 0.2) is 24.3 Å². The van der Waals surface area contributed by atoms with Crippen molar-refractivity contribution in [2.75, 3.05) is 19.0 Å². The van der Waals surface area contributed by atoms with Gasteiger partial charge in [-0.25, -0.2) is 0 Å². The van der Waals surface area contributed by atoms with Gasteiger partial charge in [0.05, 0.1) is 19.2 Å². The summed E-state index contributed by atoms with van der Waals surface area (Å²) in [6, 6.07) is 7.34. The number of carbonyl (C=O) groups excluding carboxylic acids is 3. The number of esters is 1. The van der Waals surface area contributed by atoms with Crippen LogP contribution in [0.4, 0.5) is 5.69 Å². The van der Waals surface area contributed by atoms with E-state index in [1.807, 2.05) is 29.2 Å². The molecule has 0 radical (unpaired) electrons. The minimum atomic E-state index is -0.869. The van der Waals surface area contributed by atoms with E-state index in [0.29, 0.717) is 18.9 Å². The maximum Gasteiger partial charge on any atom is 0.318 e. The fourth-order valence-electron chi connectivity index (χ4n) is 6.27. The van der Waals surface area contributed by atoms with Gasteiger partial charge < -0.3 is 15.0 Å². The Hall–Kier alpha value is -2.37. The van der Waals surface area contributed by atoms with Gasteiger partial charge in [-0.15, -0.1) is 0 Å². The molecule has 2 saturated heterocycles. The molecule has 0 bridgehead atoms. The molecule has 1 amide bonds. The molecule has 4 aliphatic rings. The Morgan fingerprint density at radius 1 is 1.33 bits per heavy atom. The molecule has 3 fully saturated rings. The number of benzene rings is 1. The molecule has 6 nitrogen and oxygen atoms in total. The smallest absolute Gasteiger partial charge is 0.318 e. The van der Waals surface area contributed by atoms with Gasteiger partial charge in [0.1, 0.15) is 5.92 Å². The van der Waals surface area contributed by atoms with Gasteiger partial charge in [-0.1, -0.05) is 31.5 Å². The zero-order valence-electron chi connectivity index (χ0n) is 15.6. The molecule has 1 spiro atoms. The van der Waals surface area contributed by atoms with Crippen LogP contribution in [-0.4, -0.2) is 48.3 Å². The van der Waals surface area contributed by atoms with Crippen molar-refractivity contribution in [3.63, 3.8) is 0 Å². The number of hydrogen-bond donors (Lipinski definition) is 1. The summed E-state index contributed by atoms with van der Waals surface area (Å²) < 4.78 is 5.03. The Morgan fingerprint density at radius 2 is 2.11 bits per heavy atom. The molecular weight excluding hydrogens is 344 g/mol. The van der Waals surface area contributed by atoms with Gasteiger partial charge >= 0.3 is 5.97 Å². The highest BCUT2D eigenvalue weighted by Crippen LogP contribution is 2.60. The number of Topliss-reactive ketones (excluding diaryl/α,β-unsaturated/α-hetero) is 1. The van der Waals surface area contributed by atoms with Crippen LogP contribution >= 0.6 is 0 Å². The zero-order chi connectivity index (χ0) is 18.9. The van der Waals surface area contributed by atoms with Gasteiger partial charge in [-0.3, -0.25) is 14.4 Å². The first-order chi connectivity index (χ1) is 13.0. The van der Waals surface area contributed by atoms with E-state index in [9.17, 15) is 14.4 Å². The second kappa shape index (κ2) is 5.57. The fraction of sp³-hybridized carbons (Fsp3) is 0.571. The van der Waals surface area contributed by atoms with E-state index in [2.05, 4.69) is 12.2 Å². The summed E-state index contributed by atoms with van der Waals surface area (Å²) in [6.45, 7) is 2.81. The SMILES string of the molecule is CC[C@@H]1C[C@@H]2C(=O)C(C(=O)OC)[C@H]3Nc4ccccc4[C@]34CC(=O)N(C1)[C@H]24. The number of ketones is 1. The summed E-state index contributed by atoms with van der Waals surface area (Å²) in [7, 11) is 1.33. The highest BCUT2D eigenvalue weighted by molar-refractivity contribution is 6.05. The number of anilines is 1. The number of carbonyl (C=O) groups is 3. The second-order valence-electron chi connectivity index (χ2n) is 8.40. The molecule has 1 saturated carbocycles. The van der Waals surface area contributed by atoms with E-state index < -0.39 is 23.3 Å². The summed E-state index contributed by atoms with van der Waals surface area (Å²) in [5.74, 6) is -1.33. The molecule has 1 unspecified atom stereocenters. The van der Waals surface area contributed by atoms with Gasteiger partial charge in [0.15, 0.2) is 5.78 Å². The number of piperidine rings is 1. The number of rotatable bonds is 2. The van der Waals surface area contributed by atoms with Gasteiger partial charge in [0.25, 0.3) is 0 Å².